The molecule has 1 fully saturated rings. The third-order valence-electron chi connectivity index (χ3n) is 4.07. The molecule has 0 unspecified atom stereocenters. The fraction of sp³-hybridized carbons (Fsp3) is 0.562. The highest BCUT2D eigenvalue weighted by molar-refractivity contribution is 5.79. The van der Waals surface area contributed by atoms with Crippen LogP contribution in [0.4, 0.5) is 5.69 Å². The van der Waals surface area contributed by atoms with Gasteiger partial charge in [0.1, 0.15) is 5.82 Å². The van der Waals surface area contributed by atoms with Crippen LogP contribution in [0.15, 0.2) is 18.2 Å². The van der Waals surface area contributed by atoms with E-state index in [1.165, 1.54) is 11.3 Å². The Kier molecular flexibility index (Phi) is 4.41. The van der Waals surface area contributed by atoms with Crippen molar-refractivity contribution in [2.45, 2.75) is 26.3 Å². The Bertz CT molecular complexity index is 602. The molecule has 0 spiro atoms. The third-order valence-corrected chi connectivity index (χ3v) is 4.07. The number of rotatable bonds is 5. The van der Waals surface area contributed by atoms with E-state index in [9.17, 15) is 0 Å². The minimum absolute atomic E-state index is 0.781. The highest BCUT2D eigenvalue weighted by Gasteiger charge is 2.14. The molecule has 21 heavy (non-hydrogen) atoms. The first-order valence-corrected chi connectivity index (χ1v) is 7.82. The zero-order valence-electron chi connectivity index (χ0n) is 12.7. The second-order valence-electron chi connectivity index (χ2n) is 5.63. The number of hydrogen-bond acceptors (Lipinski definition) is 4. The molecule has 1 aromatic heterocycles. The Morgan fingerprint density at radius 1 is 1.24 bits per heavy atom. The Morgan fingerprint density at radius 2 is 2.05 bits per heavy atom. The van der Waals surface area contributed by atoms with E-state index in [-0.39, 0.29) is 0 Å². The van der Waals surface area contributed by atoms with Gasteiger partial charge >= 0.3 is 0 Å². The number of aromatic nitrogens is 2. The van der Waals surface area contributed by atoms with Crippen molar-refractivity contribution in [1.82, 2.24) is 14.5 Å². The van der Waals surface area contributed by atoms with Gasteiger partial charge in [0.05, 0.1) is 24.2 Å². The maximum Gasteiger partial charge on any atom is 0.109 e. The lowest BCUT2D eigenvalue weighted by Crippen LogP contribution is -2.38. The molecule has 2 N–H and O–H groups in total. The second kappa shape index (κ2) is 6.45. The number of nitrogens with zero attached hydrogens (tertiary/aromatic N) is 3. The zero-order valence-corrected chi connectivity index (χ0v) is 12.7. The molecule has 0 amide bonds. The number of morpholine rings is 1. The molecule has 0 radical (unpaired) electrons. The summed E-state index contributed by atoms with van der Waals surface area (Å²) >= 11 is 0. The number of imidazole rings is 1. The van der Waals surface area contributed by atoms with E-state index in [4.69, 9.17) is 15.5 Å². The van der Waals surface area contributed by atoms with Crippen LogP contribution in [0.5, 0.6) is 0 Å². The van der Waals surface area contributed by atoms with Crippen LogP contribution in [0.1, 0.15) is 19.2 Å². The Labute approximate surface area is 125 Å². The highest BCUT2D eigenvalue weighted by Crippen LogP contribution is 2.20. The molecule has 1 aliphatic rings. The standard InChI is InChI=1S/C16H24N4O/c1-2-3-16-18-14-12-13(17)4-5-15(14)20(16)7-6-19-8-10-21-11-9-19/h4-5,12H,2-3,6-11,17H2,1H3. The van der Waals surface area contributed by atoms with Gasteiger partial charge in [-0.25, -0.2) is 4.98 Å². The quantitative estimate of drug-likeness (QED) is 0.854. The van der Waals surface area contributed by atoms with Gasteiger partial charge in [-0.2, -0.15) is 0 Å². The van der Waals surface area contributed by atoms with Crippen LogP contribution < -0.4 is 5.73 Å². The van der Waals surface area contributed by atoms with Crippen molar-refractivity contribution >= 4 is 16.7 Å². The van der Waals surface area contributed by atoms with Gasteiger partial charge in [-0.1, -0.05) is 6.92 Å². The summed E-state index contributed by atoms with van der Waals surface area (Å²) in [6.45, 7) is 7.99. The summed E-state index contributed by atoms with van der Waals surface area (Å²) in [7, 11) is 0. The van der Waals surface area contributed by atoms with Gasteiger partial charge in [0.2, 0.25) is 0 Å². The van der Waals surface area contributed by atoms with Crippen molar-refractivity contribution in [2.75, 3.05) is 38.6 Å². The fourth-order valence-electron chi connectivity index (χ4n) is 2.93. The van der Waals surface area contributed by atoms with Gasteiger partial charge < -0.3 is 15.0 Å². The number of nitrogen functional groups attached to an aromatic ring is 1. The van der Waals surface area contributed by atoms with Gasteiger partial charge in [-0.05, 0) is 24.6 Å². The predicted molar refractivity (Wildman–Crippen MR) is 85.4 cm³/mol. The minimum Gasteiger partial charge on any atom is -0.399 e. The molecule has 114 valence electrons. The van der Waals surface area contributed by atoms with E-state index in [0.717, 1.165) is 63.4 Å². The van der Waals surface area contributed by atoms with Crippen LogP contribution in [0.2, 0.25) is 0 Å². The number of ether oxygens (including phenoxy) is 1. The predicted octanol–water partition coefficient (Wildman–Crippen LogP) is 1.90. The van der Waals surface area contributed by atoms with Crippen molar-refractivity contribution in [3.63, 3.8) is 0 Å². The fourth-order valence-corrected chi connectivity index (χ4v) is 2.93. The summed E-state index contributed by atoms with van der Waals surface area (Å²) in [5, 5.41) is 0. The Balaban J connectivity index is 1.82. The third kappa shape index (κ3) is 3.19. The lowest BCUT2D eigenvalue weighted by atomic mass is 10.3. The molecule has 0 aliphatic carbocycles. The molecular weight excluding hydrogens is 264 g/mol. The minimum atomic E-state index is 0.781. The Morgan fingerprint density at radius 3 is 2.81 bits per heavy atom. The number of aryl methyl sites for hydroxylation is 1. The lowest BCUT2D eigenvalue weighted by Gasteiger charge is -2.27. The Hall–Kier alpha value is -1.59. The normalized spacial score (nSPS) is 16.6. The van der Waals surface area contributed by atoms with Gasteiger partial charge in [0, 0.05) is 38.3 Å². The van der Waals surface area contributed by atoms with E-state index in [1.807, 2.05) is 12.1 Å². The largest absolute Gasteiger partial charge is 0.399 e. The van der Waals surface area contributed by atoms with Crippen LogP contribution in [0.25, 0.3) is 11.0 Å². The van der Waals surface area contributed by atoms with Crippen LogP contribution in [-0.4, -0.2) is 47.3 Å². The first-order valence-electron chi connectivity index (χ1n) is 7.82. The molecule has 2 aromatic rings. The molecular formula is C16H24N4O. The molecule has 0 bridgehead atoms. The number of fused-ring (bicyclic) bond motifs is 1. The summed E-state index contributed by atoms with van der Waals surface area (Å²) in [6, 6.07) is 6.03. The molecule has 0 atom stereocenters. The zero-order chi connectivity index (χ0) is 14.7. The average Bonchev–Trinajstić information content (AvgIpc) is 2.83. The molecule has 0 saturated carbocycles. The number of benzene rings is 1. The van der Waals surface area contributed by atoms with E-state index in [0.29, 0.717) is 0 Å². The van der Waals surface area contributed by atoms with Crippen molar-refractivity contribution in [2.24, 2.45) is 0 Å². The van der Waals surface area contributed by atoms with Crippen molar-refractivity contribution in [3.05, 3.63) is 24.0 Å². The number of hydrogen-bond donors (Lipinski definition) is 1. The molecule has 5 nitrogen and oxygen atoms in total. The first-order chi connectivity index (χ1) is 10.3. The van der Waals surface area contributed by atoms with E-state index < -0.39 is 0 Å². The summed E-state index contributed by atoms with van der Waals surface area (Å²) in [4.78, 5) is 7.23. The second-order valence-corrected chi connectivity index (χ2v) is 5.63. The van der Waals surface area contributed by atoms with Crippen LogP contribution >= 0.6 is 0 Å². The van der Waals surface area contributed by atoms with Gasteiger partial charge in [0.15, 0.2) is 0 Å². The summed E-state index contributed by atoms with van der Waals surface area (Å²) in [5.74, 6) is 1.17. The molecule has 2 heterocycles. The number of anilines is 1. The van der Waals surface area contributed by atoms with E-state index in [1.54, 1.807) is 0 Å². The van der Waals surface area contributed by atoms with E-state index in [2.05, 4.69) is 22.5 Å². The van der Waals surface area contributed by atoms with Gasteiger partial charge in [-0.15, -0.1) is 0 Å². The maximum absolute atomic E-state index is 5.88. The van der Waals surface area contributed by atoms with Crippen LogP contribution in [0, 0.1) is 0 Å². The number of nitrogens with two attached hydrogens (primary N) is 1. The maximum atomic E-state index is 5.88. The molecule has 1 aliphatic heterocycles. The summed E-state index contributed by atoms with van der Waals surface area (Å²) in [6.07, 6.45) is 2.12. The van der Waals surface area contributed by atoms with Crippen LogP contribution in [0.3, 0.4) is 0 Å². The topological polar surface area (TPSA) is 56.3 Å². The smallest absolute Gasteiger partial charge is 0.109 e. The average molecular weight is 288 g/mol. The highest BCUT2D eigenvalue weighted by atomic mass is 16.5. The SMILES string of the molecule is CCCc1nc2cc(N)ccc2n1CCN1CCOCC1. The molecule has 5 heteroatoms. The monoisotopic (exact) mass is 288 g/mol. The van der Waals surface area contributed by atoms with Crippen molar-refractivity contribution in [3.8, 4) is 0 Å². The lowest BCUT2D eigenvalue weighted by molar-refractivity contribution is 0.0364. The van der Waals surface area contributed by atoms with Gasteiger partial charge in [0.25, 0.3) is 0 Å². The first kappa shape index (κ1) is 14.4. The summed E-state index contributed by atoms with van der Waals surface area (Å²) in [5.41, 5.74) is 8.87. The van der Waals surface area contributed by atoms with Crippen molar-refractivity contribution < 1.29 is 4.74 Å². The summed E-state index contributed by atoms with van der Waals surface area (Å²) < 4.78 is 7.76. The van der Waals surface area contributed by atoms with Gasteiger partial charge in [-0.3, -0.25) is 4.90 Å². The van der Waals surface area contributed by atoms with Crippen molar-refractivity contribution in [1.29, 1.82) is 0 Å². The van der Waals surface area contributed by atoms with E-state index >= 15 is 0 Å². The van der Waals surface area contributed by atoms with Crippen LogP contribution in [-0.2, 0) is 17.7 Å². The molecule has 1 aromatic carbocycles. The molecule has 1 saturated heterocycles. The molecule has 3 rings (SSSR count).